The second-order valence-corrected chi connectivity index (χ2v) is 6.68. The summed E-state index contributed by atoms with van der Waals surface area (Å²) in [5.41, 5.74) is 1.16. The Morgan fingerprint density at radius 3 is 2.57 bits per heavy atom. The van der Waals surface area contributed by atoms with E-state index in [0.717, 1.165) is 22.1 Å². The van der Waals surface area contributed by atoms with Gasteiger partial charge in [0, 0.05) is 6.54 Å². The standard InChI is InChI=1S/C15H20N2O3S/c1-20-15-6-5-13-9-12(3-4-14(13)10-15)11-17-7-2-8-21(16,18)19/h3-6,9-10,17H,2,7-8,11H2,1H3,(H2,16,18,19). The molecule has 0 unspecified atom stereocenters. The smallest absolute Gasteiger partial charge is 0.209 e. The molecule has 21 heavy (non-hydrogen) atoms. The predicted octanol–water partition coefficient (Wildman–Crippen LogP) is 1.62. The van der Waals surface area contributed by atoms with Crippen molar-refractivity contribution in [1.29, 1.82) is 0 Å². The maximum Gasteiger partial charge on any atom is 0.209 e. The molecular weight excluding hydrogens is 288 g/mol. The molecule has 0 bridgehead atoms. The van der Waals surface area contributed by atoms with Crippen molar-refractivity contribution in [3.8, 4) is 5.75 Å². The molecule has 0 fully saturated rings. The van der Waals surface area contributed by atoms with Crippen LogP contribution in [0.4, 0.5) is 0 Å². The molecule has 0 aliphatic heterocycles. The van der Waals surface area contributed by atoms with Crippen LogP contribution >= 0.6 is 0 Å². The Balaban J connectivity index is 1.91. The summed E-state index contributed by atoms with van der Waals surface area (Å²) in [6, 6.07) is 12.2. The lowest BCUT2D eigenvalue weighted by Gasteiger charge is -2.07. The molecule has 2 aromatic carbocycles. The van der Waals surface area contributed by atoms with Gasteiger partial charge in [-0.1, -0.05) is 18.2 Å². The highest BCUT2D eigenvalue weighted by Gasteiger charge is 2.02. The van der Waals surface area contributed by atoms with Crippen molar-refractivity contribution >= 4 is 20.8 Å². The van der Waals surface area contributed by atoms with Crippen LogP contribution in [0, 0.1) is 0 Å². The number of sulfonamides is 1. The number of hydrogen-bond acceptors (Lipinski definition) is 4. The molecule has 0 saturated heterocycles. The zero-order chi connectivity index (χ0) is 15.3. The number of methoxy groups -OCH3 is 1. The third-order valence-electron chi connectivity index (χ3n) is 3.22. The quantitative estimate of drug-likeness (QED) is 0.762. The van der Waals surface area contributed by atoms with E-state index in [1.54, 1.807) is 7.11 Å². The first-order valence-electron chi connectivity index (χ1n) is 6.76. The van der Waals surface area contributed by atoms with Crippen molar-refractivity contribution in [2.75, 3.05) is 19.4 Å². The molecule has 6 heteroatoms. The van der Waals surface area contributed by atoms with Gasteiger partial charge in [-0.25, -0.2) is 13.6 Å². The van der Waals surface area contributed by atoms with Crippen LogP contribution in [-0.2, 0) is 16.6 Å². The van der Waals surface area contributed by atoms with Gasteiger partial charge in [-0.05, 0) is 47.5 Å². The van der Waals surface area contributed by atoms with Gasteiger partial charge in [0.25, 0.3) is 0 Å². The Morgan fingerprint density at radius 2 is 1.86 bits per heavy atom. The second kappa shape index (κ2) is 6.89. The molecule has 5 nitrogen and oxygen atoms in total. The average molecular weight is 308 g/mol. The van der Waals surface area contributed by atoms with Gasteiger partial charge < -0.3 is 10.1 Å². The Bertz CT molecular complexity index is 714. The van der Waals surface area contributed by atoms with E-state index < -0.39 is 10.0 Å². The highest BCUT2D eigenvalue weighted by Crippen LogP contribution is 2.21. The van der Waals surface area contributed by atoms with Gasteiger partial charge in [0.15, 0.2) is 0 Å². The molecule has 0 aliphatic carbocycles. The molecule has 0 amide bonds. The lowest BCUT2D eigenvalue weighted by atomic mass is 10.1. The monoisotopic (exact) mass is 308 g/mol. The zero-order valence-electron chi connectivity index (χ0n) is 12.0. The van der Waals surface area contributed by atoms with E-state index in [4.69, 9.17) is 9.88 Å². The van der Waals surface area contributed by atoms with Crippen LogP contribution in [0.15, 0.2) is 36.4 Å². The van der Waals surface area contributed by atoms with Crippen LogP contribution in [0.2, 0.25) is 0 Å². The zero-order valence-corrected chi connectivity index (χ0v) is 12.8. The maximum atomic E-state index is 10.8. The van der Waals surface area contributed by atoms with Crippen LogP contribution < -0.4 is 15.2 Å². The van der Waals surface area contributed by atoms with Crippen molar-refractivity contribution in [1.82, 2.24) is 5.32 Å². The molecule has 3 N–H and O–H groups in total. The molecule has 0 saturated carbocycles. The number of benzene rings is 2. The highest BCUT2D eigenvalue weighted by molar-refractivity contribution is 7.89. The number of ether oxygens (including phenoxy) is 1. The fourth-order valence-corrected chi connectivity index (χ4v) is 2.69. The van der Waals surface area contributed by atoms with E-state index in [1.807, 2.05) is 18.2 Å². The van der Waals surface area contributed by atoms with Gasteiger partial charge in [-0.2, -0.15) is 0 Å². The second-order valence-electron chi connectivity index (χ2n) is 4.94. The molecule has 0 aromatic heterocycles. The largest absolute Gasteiger partial charge is 0.497 e. The first-order valence-corrected chi connectivity index (χ1v) is 8.47. The van der Waals surface area contributed by atoms with Gasteiger partial charge in [-0.15, -0.1) is 0 Å². The minimum Gasteiger partial charge on any atom is -0.497 e. The van der Waals surface area contributed by atoms with E-state index in [1.165, 1.54) is 0 Å². The summed E-state index contributed by atoms with van der Waals surface area (Å²) in [6.07, 6.45) is 0.517. The summed E-state index contributed by atoms with van der Waals surface area (Å²) in [6.45, 7) is 1.32. The number of primary sulfonamides is 1. The first kappa shape index (κ1) is 15.8. The lowest BCUT2D eigenvalue weighted by Crippen LogP contribution is -2.22. The number of nitrogens with two attached hydrogens (primary N) is 1. The Kier molecular flexibility index (Phi) is 5.17. The summed E-state index contributed by atoms with van der Waals surface area (Å²) in [7, 11) is -1.70. The van der Waals surface area contributed by atoms with Gasteiger partial charge in [0.2, 0.25) is 10.0 Å². The lowest BCUT2D eigenvalue weighted by molar-refractivity contribution is 0.415. The molecule has 0 atom stereocenters. The fraction of sp³-hybridized carbons (Fsp3) is 0.333. The Morgan fingerprint density at radius 1 is 1.14 bits per heavy atom. The summed E-state index contributed by atoms with van der Waals surface area (Å²) >= 11 is 0. The van der Waals surface area contributed by atoms with Gasteiger partial charge in [0.05, 0.1) is 12.9 Å². The average Bonchev–Trinajstić information content (AvgIpc) is 2.45. The SMILES string of the molecule is COc1ccc2cc(CNCCCS(N)(=O)=O)ccc2c1. The van der Waals surface area contributed by atoms with Crippen LogP contribution in [0.3, 0.4) is 0 Å². The van der Waals surface area contributed by atoms with Gasteiger partial charge >= 0.3 is 0 Å². The molecule has 114 valence electrons. The van der Waals surface area contributed by atoms with Crippen LogP contribution in [0.25, 0.3) is 10.8 Å². The minimum atomic E-state index is -3.36. The summed E-state index contributed by atoms with van der Waals surface area (Å²) in [5, 5.41) is 10.4. The topological polar surface area (TPSA) is 81.4 Å². The van der Waals surface area contributed by atoms with Gasteiger partial charge in [0.1, 0.15) is 5.75 Å². The van der Waals surface area contributed by atoms with Crippen LogP contribution in [-0.4, -0.2) is 27.8 Å². The summed E-state index contributed by atoms with van der Waals surface area (Å²) < 4.78 is 26.8. The van der Waals surface area contributed by atoms with Crippen molar-refractivity contribution < 1.29 is 13.2 Å². The minimum absolute atomic E-state index is 0.0114. The molecule has 0 radical (unpaired) electrons. The third-order valence-corrected chi connectivity index (χ3v) is 4.08. The molecule has 0 spiro atoms. The van der Waals surface area contributed by atoms with E-state index in [9.17, 15) is 8.42 Å². The summed E-state index contributed by atoms with van der Waals surface area (Å²) in [4.78, 5) is 0. The number of nitrogens with one attached hydrogen (secondary N) is 1. The molecule has 0 heterocycles. The highest BCUT2D eigenvalue weighted by atomic mass is 32.2. The van der Waals surface area contributed by atoms with Crippen LogP contribution in [0.1, 0.15) is 12.0 Å². The fourth-order valence-electron chi connectivity index (χ4n) is 2.14. The van der Waals surface area contributed by atoms with Crippen molar-refractivity contribution in [2.24, 2.45) is 5.14 Å². The molecule has 0 aliphatic rings. The normalized spacial score (nSPS) is 11.7. The Hall–Kier alpha value is -1.63. The van der Waals surface area contributed by atoms with E-state index in [-0.39, 0.29) is 5.75 Å². The third kappa shape index (κ3) is 5.00. The number of rotatable bonds is 7. The van der Waals surface area contributed by atoms with Crippen molar-refractivity contribution in [2.45, 2.75) is 13.0 Å². The number of hydrogen-bond donors (Lipinski definition) is 2. The molecular formula is C15H20N2O3S. The molecule has 2 rings (SSSR count). The number of fused-ring (bicyclic) bond motifs is 1. The predicted molar refractivity (Wildman–Crippen MR) is 84.8 cm³/mol. The molecule has 2 aromatic rings. The Labute approximate surface area is 125 Å². The van der Waals surface area contributed by atoms with E-state index in [0.29, 0.717) is 19.5 Å². The van der Waals surface area contributed by atoms with Crippen LogP contribution in [0.5, 0.6) is 5.75 Å². The van der Waals surface area contributed by atoms with E-state index >= 15 is 0 Å². The van der Waals surface area contributed by atoms with Gasteiger partial charge in [-0.3, -0.25) is 0 Å². The maximum absolute atomic E-state index is 10.8. The van der Waals surface area contributed by atoms with Crippen molar-refractivity contribution in [3.05, 3.63) is 42.0 Å². The summed E-state index contributed by atoms with van der Waals surface area (Å²) in [5.74, 6) is 0.855. The first-order chi connectivity index (χ1) is 9.98. The van der Waals surface area contributed by atoms with E-state index in [2.05, 4.69) is 23.5 Å². The van der Waals surface area contributed by atoms with Crippen molar-refractivity contribution in [3.63, 3.8) is 0 Å².